The monoisotopic (exact) mass is 339 g/mol. The average molecular weight is 341 g/mol. The highest BCUT2D eigenvalue weighted by molar-refractivity contribution is 9.10. The second-order valence-corrected chi connectivity index (χ2v) is 5.98. The van der Waals surface area contributed by atoms with Gasteiger partial charge in [0.05, 0.1) is 12.1 Å². The van der Waals surface area contributed by atoms with E-state index < -0.39 is 5.54 Å². The summed E-state index contributed by atoms with van der Waals surface area (Å²) in [6.07, 6.45) is 0. The van der Waals surface area contributed by atoms with Gasteiger partial charge in [-0.2, -0.15) is 0 Å². The number of benzene rings is 2. The lowest BCUT2D eigenvalue weighted by Gasteiger charge is -2.30. The van der Waals surface area contributed by atoms with Crippen LogP contribution in [0, 0.1) is 0 Å². The second-order valence-electron chi connectivity index (χ2n) is 4.63. The molecule has 0 bridgehead atoms. The Hall–Kier alpha value is -1.03. The minimum atomic E-state index is -0.550. The zero-order valence-corrected chi connectivity index (χ0v) is 12.9. The van der Waals surface area contributed by atoms with Crippen molar-refractivity contribution in [3.63, 3.8) is 0 Å². The molecule has 2 nitrogen and oxygen atoms in total. The summed E-state index contributed by atoms with van der Waals surface area (Å²) in [6.45, 7) is 1.94. The number of anilines is 1. The van der Waals surface area contributed by atoms with Gasteiger partial charge in [0.25, 0.3) is 0 Å². The van der Waals surface area contributed by atoms with E-state index in [1.54, 1.807) is 0 Å². The van der Waals surface area contributed by atoms with E-state index in [2.05, 4.69) is 21.2 Å². The highest BCUT2D eigenvalue weighted by Gasteiger charge is 2.25. The van der Waals surface area contributed by atoms with Gasteiger partial charge in [-0.05, 0) is 42.8 Å². The first-order valence-electron chi connectivity index (χ1n) is 5.94. The molecular weight excluding hydrogens is 326 g/mol. The van der Waals surface area contributed by atoms with E-state index in [-0.39, 0.29) is 6.61 Å². The van der Waals surface area contributed by atoms with Crippen molar-refractivity contribution in [2.75, 3.05) is 11.9 Å². The predicted molar refractivity (Wildman–Crippen MR) is 83.7 cm³/mol. The van der Waals surface area contributed by atoms with Crippen LogP contribution in [0.15, 0.2) is 53.0 Å². The van der Waals surface area contributed by atoms with E-state index in [1.807, 2.05) is 55.5 Å². The van der Waals surface area contributed by atoms with Crippen LogP contribution in [0.3, 0.4) is 0 Å². The number of halogens is 2. The van der Waals surface area contributed by atoms with Gasteiger partial charge in [-0.3, -0.25) is 0 Å². The molecule has 100 valence electrons. The Morgan fingerprint density at radius 2 is 1.89 bits per heavy atom. The lowest BCUT2D eigenvalue weighted by atomic mass is 9.92. The van der Waals surface area contributed by atoms with Gasteiger partial charge >= 0.3 is 0 Å². The minimum absolute atomic E-state index is 0.0128. The number of hydrogen-bond donors (Lipinski definition) is 2. The van der Waals surface area contributed by atoms with Gasteiger partial charge in [0.15, 0.2) is 0 Å². The predicted octanol–water partition coefficient (Wildman–Crippen LogP) is 4.42. The Labute approximate surface area is 126 Å². The summed E-state index contributed by atoms with van der Waals surface area (Å²) in [7, 11) is 0. The minimum Gasteiger partial charge on any atom is -0.394 e. The summed E-state index contributed by atoms with van der Waals surface area (Å²) in [5.74, 6) is 0. The Morgan fingerprint density at radius 1 is 1.21 bits per heavy atom. The van der Waals surface area contributed by atoms with Gasteiger partial charge < -0.3 is 10.4 Å². The molecule has 0 aliphatic heterocycles. The molecule has 0 heterocycles. The third kappa shape index (κ3) is 3.50. The topological polar surface area (TPSA) is 32.3 Å². The van der Waals surface area contributed by atoms with Gasteiger partial charge in [0.2, 0.25) is 0 Å². The van der Waals surface area contributed by atoms with Gasteiger partial charge in [-0.15, -0.1) is 0 Å². The van der Waals surface area contributed by atoms with Crippen molar-refractivity contribution < 1.29 is 5.11 Å². The van der Waals surface area contributed by atoms with Crippen LogP contribution in [-0.2, 0) is 5.54 Å². The smallest absolute Gasteiger partial charge is 0.0828 e. The first kappa shape index (κ1) is 14.4. The number of aliphatic hydroxyl groups excluding tert-OH is 1. The third-order valence-electron chi connectivity index (χ3n) is 3.04. The SMILES string of the molecule is CC(CO)(Nc1cccc(Cl)c1)c1ccc(Br)cc1. The van der Waals surface area contributed by atoms with E-state index in [0.29, 0.717) is 5.02 Å². The molecule has 0 fully saturated rings. The van der Waals surface area contributed by atoms with Crippen molar-refractivity contribution in [1.82, 2.24) is 0 Å². The van der Waals surface area contributed by atoms with Crippen LogP contribution >= 0.6 is 27.5 Å². The van der Waals surface area contributed by atoms with E-state index in [1.165, 1.54) is 0 Å². The fourth-order valence-corrected chi connectivity index (χ4v) is 2.36. The molecule has 0 aliphatic rings. The molecular formula is C15H15BrClNO. The third-order valence-corrected chi connectivity index (χ3v) is 3.81. The summed E-state index contributed by atoms with van der Waals surface area (Å²) in [6, 6.07) is 15.4. The Balaban J connectivity index is 2.29. The summed E-state index contributed by atoms with van der Waals surface area (Å²) in [4.78, 5) is 0. The zero-order valence-electron chi connectivity index (χ0n) is 10.5. The molecule has 0 amide bonds. The molecule has 0 radical (unpaired) electrons. The first-order valence-corrected chi connectivity index (χ1v) is 7.11. The Kier molecular flexibility index (Phi) is 4.50. The fraction of sp³-hybridized carbons (Fsp3) is 0.200. The highest BCUT2D eigenvalue weighted by Crippen LogP contribution is 2.28. The van der Waals surface area contributed by atoms with Crippen LogP contribution in [0.2, 0.25) is 5.02 Å². The molecule has 4 heteroatoms. The molecule has 0 aromatic heterocycles. The normalized spacial score (nSPS) is 13.9. The Bertz CT molecular complexity index is 558. The van der Waals surface area contributed by atoms with Gasteiger partial charge in [0, 0.05) is 15.2 Å². The van der Waals surface area contributed by atoms with Gasteiger partial charge in [0.1, 0.15) is 0 Å². The second kappa shape index (κ2) is 5.95. The van der Waals surface area contributed by atoms with Crippen LogP contribution < -0.4 is 5.32 Å². The molecule has 0 spiro atoms. The lowest BCUT2D eigenvalue weighted by molar-refractivity contribution is 0.224. The molecule has 2 aromatic carbocycles. The number of rotatable bonds is 4. The van der Waals surface area contributed by atoms with Gasteiger partial charge in [-0.1, -0.05) is 45.7 Å². The van der Waals surface area contributed by atoms with E-state index >= 15 is 0 Å². The van der Waals surface area contributed by atoms with Crippen molar-refractivity contribution in [3.8, 4) is 0 Å². The molecule has 2 aromatic rings. The summed E-state index contributed by atoms with van der Waals surface area (Å²) in [5.41, 5.74) is 1.34. The molecule has 0 saturated carbocycles. The molecule has 19 heavy (non-hydrogen) atoms. The molecule has 1 unspecified atom stereocenters. The maximum absolute atomic E-state index is 9.73. The lowest BCUT2D eigenvalue weighted by Crippen LogP contribution is -2.35. The molecule has 2 rings (SSSR count). The van der Waals surface area contributed by atoms with Gasteiger partial charge in [-0.25, -0.2) is 0 Å². The highest BCUT2D eigenvalue weighted by atomic mass is 79.9. The largest absolute Gasteiger partial charge is 0.394 e. The molecule has 1 atom stereocenters. The maximum Gasteiger partial charge on any atom is 0.0828 e. The van der Waals surface area contributed by atoms with E-state index in [0.717, 1.165) is 15.7 Å². The van der Waals surface area contributed by atoms with E-state index in [4.69, 9.17) is 11.6 Å². The van der Waals surface area contributed by atoms with Crippen LogP contribution in [0.5, 0.6) is 0 Å². The van der Waals surface area contributed by atoms with Crippen LogP contribution in [0.4, 0.5) is 5.69 Å². The number of aliphatic hydroxyl groups is 1. The number of hydrogen-bond acceptors (Lipinski definition) is 2. The van der Waals surface area contributed by atoms with Crippen LogP contribution in [0.1, 0.15) is 12.5 Å². The van der Waals surface area contributed by atoms with Crippen molar-refractivity contribution in [2.45, 2.75) is 12.5 Å². The summed E-state index contributed by atoms with van der Waals surface area (Å²) in [5, 5.41) is 13.7. The Morgan fingerprint density at radius 3 is 2.47 bits per heavy atom. The van der Waals surface area contributed by atoms with Crippen LogP contribution in [0.25, 0.3) is 0 Å². The number of nitrogens with one attached hydrogen (secondary N) is 1. The zero-order chi connectivity index (χ0) is 13.9. The van der Waals surface area contributed by atoms with Crippen molar-refractivity contribution in [3.05, 3.63) is 63.6 Å². The molecule has 2 N–H and O–H groups in total. The summed E-state index contributed by atoms with van der Waals surface area (Å²) < 4.78 is 1.01. The maximum atomic E-state index is 9.73. The fourth-order valence-electron chi connectivity index (χ4n) is 1.91. The van der Waals surface area contributed by atoms with Crippen molar-refractivity contribution in [2.24, 2.45) is 0 Å². The first-order chi connectivity index (χ1) is 9.03. The molecule has 0 aliphatic carbocycles. The standard InChI is InChI=1S/C15H15BrClNO/c1-15(10-19,11-5-7-12(16)8-6-11)18-14-4-2-3-13(17)9-14/h2-9,18-19H,10H2,1H3. The average Bonchev–Trinajstić information content (AvgIpc) is 2.39. The molecule has 0 saturated heterocycles. The van der Waals surface area contributed by atoms with Crippen LogP contribution in [-0.4, -0.2) is 11.7 Å². The van der Waals surface area contributed by atoms with Crippen molar-refractivity contribution in [1.29, 1.82) is 0 Å². The van der Waals surface area contributed by atoms with Crippen molar-refractivity contribution >= 4 is 33.2 Å². The van der Waals surface area contributed by atoms with E-state index in [9.17, 15) is 5.11 Å². The quantitative estimate of drug-likeness (QED) is 0.863. The summed E-state index contributed by atoms with van der Waals surface area (Å²) >= 11 is 9.39.